The van der Waals surface area contributed by atoms with Crippen molar-refractivity contribution in [1.29, 1.82) is 0 Å². The van der Waals surface area contributed by atoms with E-state index in [0.29, 0.717) is 30.7 Å². The summed E-state index contributed by atoms with van der Waals surface area (Å²) < 4.78 is 3.92. The Labute approximate surface area is 132 Å². The zero-order valence-electron chi connectivity index (χ0n) is 12.2. The van der Waals surface area contributed by atoms with Crippen LogP contribution >= 0.6 is 11.5 Å². The number of benzene rings is 1. The maximum absolute atomic E-state index is 12.3. The Kier molecular flexibility index (Phi) is 4.20. The maximum Gasteiger partial charge on any atom is 0.149 e. The van der Waals surface area contributed by atoms with Gasteiger partial charge in [0.05, 0.1) is 22.0 Å². The van der Waals surface area contributed by atoms with Crippen LogP contribution in [0, 0.1) is 12.8 Å². The third kappa shape index (κ3) is 2.87. The molecule has 0 amide bonds. The summed E-state index contributed by atoms with van der Waals surface area (Å²) in [5.74, 6) is -0.896. The molecule has 0 saturated heterocycles. The second-order valence-corrected chi connectivity index (χ2v) is 5.99. The quantitative estimate of drug-likeness (QED) is 0.645. The van der Waals surface area contributed by atoms with Crippen molar-refractivity contribution in [3.8, 4) is 0 Å². The molecule has 1 aromatic carbocycles. The van der Waals surface area contributed by atoms with Gasteiger partial charge in [-0.05, 0) is 37.0 Å². The second kappa shape index (κ2) is 6.27. The zero-order chi connectivity index (χ0) is 15.5. The van der Waals surface area contributed by atoms with Crippen LogP contribution in [0.25, 0.3) is 0 Å². The molecule has 1 aliphatic carbocycles. The Hall–Kier alpha value is -2.21. The molecule has 112 valence electrons. The molecule has 1 fully saturated rings. The first-order chi connectivity index (χ1) is 10.7. The van der Waals surface area contributed by atoms with Crippen LogP contribution < -0.4 is 0 Å². The molecule has 0 spiro atoms. The number of Topliss-reactive ketones (excluding diaryl/α,β-unsaturated/α-hetero) is 2. The van der Waals surface area contributed by atoms with Gasteiger partial charge in [0.1, 0.15) is 17.5 Å². The van der Waals surface area contributed by atoms with Crippen LogP contribution in [-0.4, -0.2) is 26.9 Å². The monoisotopic (exact) mass is 313 g/mol. The van der Waals surface area contributed by atoms with E-state index in [0.717, 1.165) is 10.6 Å². The van der Waals surface area contributed by atoms with Crippen molar-refractivity contribution in [3.05, 3.63) is 40.9 Å². The van der Waals surface area contributed by atoms with E-state index in [4.69, 9.17) is 0 Å². The molecular weight excluding hydrogens is 298 g/mol. The second-order valence-electron chi connectivity index (χ2n) is 5.24. The summed E-state index contributed by atoms with van der Waals surface area (Å²) >= 11 is 1.18. The summed E-state index contributed by atoms with van der Waals surface area (Å²) in [4.78, 5) is 29.9. The van der Waals surface area contributed by atoms with E-state index in [1.54, 1.807) is 0 Å². The summed E-state index contributed by atoms with van der Waals surface area (Å²) in [6.07, 6.45) is 1.48. The number of aliphatic imine (C=N–C) groups is 1. The molecule has 6 heteroatoms. The predicted molar refractivity (Wildman–Crippen MR) is 84.6 cm³/mol. The van der Waals surface area contributed by atoms with Gasteiger partial charge in [-0.2, -0.15) is 0 Å². The van der Waals surface area contributed by atoms with Crippen molar-refractivity contribution in [2.45, 2.75) is 26.2 Å². The smallest absolute Gasteiger partial charge is 0.149 e. The van der Waals surface area contributed by atoms with Crippen LogP contribution in [0.15, 0.2) is 35.3 Å². The lowest BCUT2D eigenvalue weighted by Crippen LogP contribution is -2.35. The predicted octanol–water partition coefficient (Wildman–Crippen LogP) is 2.91. The van der Waals surface area contributed by atoms with Crippen molar-refractivity contribution in [2.24, 2.45) is 10.9 Å². The summed E-state index contributed by atoms with van der Waals surface area (Å²) in [6, 6.07) is 9.34. The molecule has 0 unspecified atom stereocenters. The summed E-state index contributed by atoms with van der Waals surface area (Å²) in [7, 11) is 0. The first kappa shape index (κ1) is 14.7. The molecule has 1 aliphatic rings. The molecular formula is C16H15N3O2S. The first-order valence-corrected chi connectivity index (χ1v) is 7.92. The van der Waals surface area contributed by atoms with Crippen molar-refractivity contribution in [2.75, 3.05) is 0 Å². The van der Waals surface area contributed by atoms with E-state index in [-0.39, 0.29) is 11.6 Å². The van der Waals surface area contributed by atoms with Crippen molar-refractivity contribution >= 4 is 34.5 Å². The van der Waals surface area contributed by atoms with Crippen molar-refractivity contribution in [1.82, 2.24) is 9.59 Å². The fourth-order valence-corrected chi connectivity index (χ4v) is 3.24. The third-order valence-electron chi connectivity index (χ3n) is 3.65. The number of ketones is 2. The topological polar surface area (TPSA) is 72.3 Å². The Morgan fingerprint density at radius 1 is 1.18 bits per heavy atom. The largest absolute Gasteiger partial charge is 0.298 e. The highest BCUT2D eigenvalue weighted by Crippen LogP contribution is 2.27. The zero-order valence-corrected chi connectivity index (χ0v) is 13.0. The van der Waals surface area contributed by atoms with Gasteiger partial charge in [0.25, 0.3) is 0 Å². The van der Waals surface area contributed by atoms with Crippen LogP contribution in [0.1, 0.15) is 29.8 Å². The van der Waals surface area contributed by atoms with Gasteiger partial charge in [-0.25, -0.2) is 0 Å². The number of hydrogen-bond donors (Lipinski definition) is 0. The number of para-hydroxylation sites is 1. The Bertz CT molecular complexity index is 721. The molecule has 1 aromatic heterocycles. The highest BCUT2D eigenvalue weighted by atomic mass is 32.1. The van der Waals surface area contributed by atoms with Gasteiger partial charge in [-0.1, -0.05) is 22.7 Å². The number of aromatic nitrogens is 2. The van der Waals surface area contributed by atoms with E-state index in [2.05, 4.69) is 14.6 Å². The highest BCUT2D eigenvalue weighted by molar-refractivity contribution is 7.08. The average Bonchev–Trinajstić information content (AvgIpc) is 2.93. The van der Waals surface area contributed by atoms with Gasteiger partial charge in [-0.3, -0.25) is 14.6 Å². The maximum atomic E-state index is 12.3. The molecule has 22 heavy (non-hydrogen) atoms. The first-order valence-electron chi connectivity index (χ1n) is 7.15. The van der Waals surface area contributed by atoms with Crippen molar-refractivity contribution in [3.63, 3.8) is 0 Å². The minimum absolute atomic E-state index is 0.0567. The fraction of sp³-hybridized carbons (Fsp3) is 0.312. The molecule has 2 aromatic rings. The molecule has 0 N–H and O–H groups in total. The highest BCUT2D eigenvalue weighted by Gasteiger charge is 2.36. The molecule has 0 radical (unpaired) electrons. The Morgan fingerprint density at radius 3 is 2.45 bits per heavy atom. The molecule has 0 bridgehead atoms. The summed E-state index contributed by atoms with van der Waals surface area (Å²) in [6.45, 7) is 1.82. The van der Waals surface area contributed by atoms with Gasteiger partial charge in [0.15, 0.2) is 0 Å². The number of carbonyl (C=O) groups excluding carboxylic acids is 2. The molecule has 5 nitrogen and oxygen atoms in total. The van der Waals surface area contributed by atoms with E-state index < -0.39 is 5.92 Å². The van der Waals surface area contributed by atoms with E-state index in [9.17, 15) is 9.59 Å². The van der Waals surface area contributed by atoms with E-state index >= 15 is 0 Å². The molecule has 0 atom stereocenters. The third-order valence-corrected chi connectivity index (χ3v) is 4.50. The lowest BCUT2D eigenvalue weighted by atomic mass is 9.82. The number of aryl methyl sites for hydroxylation is 1. The van der Waals surface area contributed by atoms with Gasteiger partial charge in [0.2, 0.25) is 0 Å². The minimum atomic E-state index is -0.782. The fourth-order valence-electron chi connectivity index (χ4n) is 2.56. The van der Waals surface area contributed by atoms with Gasteiger partial charge < -0.3 is 0 Å². The summed E-state index contributed by atoms with van der Waals surface area (Å²) in [5.41, 5.74) is 1.91. The Balaban J connectivity index is 2.11. The van der Waals surface area contributed by atoms with Crippen LogP contribution in [-0.2, 0) is 9.59 Å². The van der Waals surface area contributed by atoms with Gasteiger partial charge >= 0.3 is 0 Å². The Morgan fingerprint density at radius 2 is 1.86 bits per heavy atom. The average molecular weight is 313 g/mol. The number of nitrogens with zero attached hydrogens (tertiary/aromatic N) is 3. The number of rotatable bonds is 3. The van der Waals surface area contributed by atoms with Crippen LogP contribution in [0.3, 0.4) is 0 Å². The number of carbonyl (C=O) groups is 2. The SMILES string of the molecule is Cc1nnsc1/C(=N/c1ccccc1)C1C(=O)CCCC1=O. The van der Waals surface area contributed by atoms with Crippen molar-refractivity contribution < 1.29 is 9.59 Å². The van der Waals surface area contributed by atoms with E-state index in [1.807, 2.05) is 37.3 Å². The van der Waals surface area contributed by atoms with E-state index in [1.165, 1.54) is 11.5 Å². The lowest BCUT2D eigenvalue weighted by molar-refractivity contribution is -0.132. The van der Waals surface area contributed by atoms with Crippen LogP contribution in [0.4, 0.5) is 5.69 Å². The normalized spacial score (nSPS) is 17.0. The molecule has 1 saturated carbocycles. The van der Waals surface area contributed by atoms with Crippen LogP contribution in [0.2, 0.25) is 0 Å². The molecule has 0 aliphatic heterocycles. The van der Waals surface area contributed by atoms with Crippen LogP contribution in [0.5, 0.6) is 0 Å². The summed E-state index contributed by atoms with van der Waals surface area (Å²) in [5, 5.41) is 3.99. The lowest BCUT2D eigenvalue weighted by Gasteiger charge is -2.20. The van der Waals surface area contributed by atoms with Gasteiger partial charge in [0, 0.05) is 12.8 Å². The molecule has 3 rings (SSSR count). The number of hydrogen-bond acceptors (Lipinski definition) is 6. The molecule has 1 heterocycles. The van der Waals surface area contributed by atoms with Gasteiger partial charge in [-0.15, -0.1) is 5.10 Å². The minimum Gasteiger partial charge on any atom is -0.298 e. The standard InChI is InChI=1S/C16H15N3O2S/c1-10-16(22-19-18-10)15(17-11-6-3-2-4-7-11)14-12(20)8-5-9-13(14)21/h2-4,6-7,14H,5,8-9H2,1H3/b17-15+.